The van der Waals surface area contributed by atoms with Crippen molar-refractivity contribution >= 4 is 0 Å². The van der Waals surface area contributed by atoms with E-state index in [1.807, 2.05) is 0 Å². The normalized spacial score (nSPS) is 30.0. The van der Waals surface area contributed by atoms with Gasteiger partial charge in [-0.2, -0.15) is 0 Å². The molecular weight excluding hydrogens is 220 g/mol. The van der Waals surface area contributed by atoms with Gasteiger partial charge in [0.05, 0.1) is 0 Å². The molecular formula is C16H32N2. The van der Waals surface area contributed by atoms with Crippen molar-refractivity contribution in [3.05, 3.63) is 0 Å². The molecule has 0 bridgehead atoms. The number of hydrogen-bond donors (Lipinski definition) is 2. The van der Waals surface area contributed by atoms with E-state index in [4.69, 9.17) is 0 Å². The zero-order chi connectivity index (χ0) is 12.8. The number of nitrogens with one attached hydrogen (secondary N) is 2. The topological polar surface area (TPSA) is 24.1 Å². The average molecular weight is 252 g/mol. The molecule has 1 aliphatic carbocycles. The van der Waals surface area contributed by atoms with Gasteiger partial charge in [-0.05, 0) is 58.4 Å². The third kappa shape index (κ3) is 4.55. The standard InChI is InChI=1S/C16H32N2/c1-13(12-16-10-4-3-7-11-17-16)18-14(2)15-8-5-6-9-15/h13-18H,3-12H2,1-2H3. The molecule has 1 saturated heterocycles. The van der Waals surface area contributed by atoms with Crippen LogP contribution in [0.4, 0.5) is 0 Å². The summed E-state index contributed by atoms with van der Waals surface area (Å²) in [4.78, 5) is 0. The van der Waals surface area contributed by atoms with Gasteiger partial charge in [0.1, 0.15) is 0 Å². The molecule has 1 saturated carbocycles. The van der Waals surface area contributed by atoms with Gasteiger partial charge in [0, 0.05) is 18.1 Å². The molecule has 2 nitrogen and oxygen atoms in total. The second-order valence-corrected chi connectivity index (χ2v) is 6.64. The minimum absolute atomic E-state index is 0.663. The third-order valence-electron chi connectivity index (χ3n) is 4.95. The summed E-state index contributed by atoms with van der Waals surface area (Å²) in [7, 11) is 0. The lowest BCUT2D eigenvalue weighted by atomic mass is 9.97. The largest absolute Gasteiger partial charge is 0.314 e. The summed E-state index contributed by atoms with van der Waals surface area (Å²) in [5, 5.41) is 7.56. The van der Waals surface area contributed by atoms with Gasteiger partial charge < -0.3 is 10.6 Å². The van der Waals surface area contributed by atoms with Gasteiger partial charge in [-0.3, -0.25) is 0 Å². The molecule has 3 unspecified atom stereocenters. The first-order chi connectivity index (χ1) is 8.75. The SMILES string of the molecule is CC(CC1CCCCCN1)NC(C)C1CCCC1. The van der Waals surface area contributed by atoms with Crippen LogP contribution in [0.25, 0.3) is 0 Å². The molecule has 0 aromatic carbocycles. The predicted octanol–water partition coefficient (Wildman–Crippen LogP) is 3.47. The van der Waals surface area contributed by atoms with Gasteiger partial charge in [0.15, 0.2) is 0 Å². The van der Waals surface area contributed by atoms with Gasteiger partial charge in [-0.15, -0.1) is 0 Å². The Morgan fingerprint density at radius 3 is 2.50 bits per heavy atom. The van der Waals surface area contributed by atoms with E-state index >= 15 is 0 Å². The van der Waals surface area contributed by atoms with E-state index in [2.05, 4.69) is 24.5 Å². The first-order valence-corrected chi connectivity index (χ1v) is 8.25. The van der Waals surface area contributed by atoms with Crippen molar-refractivity contribution in [2.75, 3.05) is 6.54 Å². The Kier molecular flexibility index (Phi) is 5.97. The van der Waals surface area contributed by atoms with Crippen LogP contribution in [0.2, 0.25) is 0 Å². The van der Waals surface area contributed by atoms with Crippen LogP contribution in [0.3, 0.4) is 0 Å². The highest BCUT2D eigenvalue weighted by Crippen LogP contribution is 2.27. The van der Waals surface area contributed by atoms with Crippen LogP contribution in [0.5, 0.6) is 0 Å². The monoisotopic (exact) mass is 252 g/mol. The fraction of sp³-hybridized carbons (Fsp3) is 1.00. The molecule has 2 aliphatic rings. The molecule has 2 rings (SSSR count). The van der Waals surface area contributed by atoms with Crippen LogP contribution in [-0.2, 0) is 0 Å². The van der Waals surface area contributed by atoms with E-state index in [1.165, 1.54) is 64.3 Å². The lowest BCUT2D eigenvalue weighted by molar-refractivity contribution is 0.318. The zero-order valence-electron chi connectivity index (χ0n) is 12.4. The maximum absolute atomic E-state index is 3.85. The molecule has 0 aromatic rings. The van der Waals surface area contributed by atoms with Crippen molar-refractivity contribution in [1.82, 2.24) is 10.6 Å². The fourth-order valence-corrected chi connectivity index (χ4v) is 3.84. The summed E-state index contributed by atoms with van der Waals surface area (Å²) < 4.78 is 0. The van der Waals surface area contributed by atoms with Crippen LogP contribution in [-0.4, -0.2) is 24.7 Å². The van der Waals surface area contributed by atoms with Crippen molar-refractivity contribution in [2.24, 2.45) is 5.92 Å². The summed E-state index contributed by atoms with van der Waals surface area (Å²) in [5.74, 6) is 0.939. The summed E-state index contributed by atoms with van der Waals surface area (Å²) in [6, 6.07) is 2.13. The molecule has 1 aliphatic heterocycles. The van der Waals surface area contributed by atoms with Crippen LogP contribution >= 0.6 is 0 Å². The zero-order valence-corrected chi connectivity index (χ0v) is 12.4. The fourth-order valence-electron chi connectivity index (χ4n) is 3.84. The predicted molar refractivity (Wildman–Crippen MR) is 78.9 cm³/mol. The first-order valence-electron chi connectivity index (χ1n) is 8.25. The van der Waals surface area contributed by atoms with Crippen molar-refractivity contribution in [3.63, 3.8) is 0 Å². The van der Waals surface area contributed by atoms with Crippen molar-refractivity contribution in [1.29, 1.82) is 0 Å². The van der Waals surface area contributed by atoms with Crippen LogP contribution < -0.4 is 10.6 Å². The first kappa shape index (κ1) is 14.3. The Morgan fingerprint density at radius 2 is 1.72 bits per heavy atom. The molecule has 3 atom stereocenters. The van der Waals surface area contributed by atoms with Gasteiger partial charge in [-0.25, -0.2) is 0 Å². The highest BCUT2D eigenvalue weighted by molar-refractivity contribution is 4.82. The minimum Gasteiger partial charge on any atom is -0.314 e. The highest BCUT2D eigenvalue weighted by Gasteiger charge is 2.23. The molecule has 0 aromatic heterocycles. The minimum atomic E-state index is 0.663. The van der Waals surface area contributed by atoms with Gasteiger partial charge in [0.25, 0.3) is 0 Å². The molecule has 0 spiro atoms. The molecule has 2 fully saturated rings. The maximum atomic E-state index is 3.85. The van der Waals surface area contributed by atoms with E-state index in [0.29, 0.717) is 12.1 Å². The highest BCUT2D eigenvalue weighted by atomic mass is 15.0. The van der Waals surface area contributed by atoms with Crippen molar-refractivity contribution in [3.8, 4) is 0 Å². The molecule has 106 valence electrons. The smallest absolute Gasteiger partial charge is 0.00817 e. The molecule has 2 N–H and O–H groups in total. The molecule has 2 heteroatoms. The lowest BCUT2D eigenvalue weighted by Crippen LogP contribution is -2.42. The Labute approximate surface area is 113 Å². The average Bonchev–Trinajstić information content (AvgIpc) is 2.76. The van der Waals surface area contributed by atoms with E-state index < -0.39 is 0 Å². The van der Waals surface area contributed by atoms with Gasteiger partial charge in [0.2, 0.25) is 0 Å². The lowest BCUT2D eigenvalue weighted by Gasteiger charge is -2.27. The second kappa shape index (κ2) is 7.49. The summed E-state index contributed by atoms with van der Waals surface area (Å²) in [6.07, 6.45) is 12.7. The van der Waals surface area contributed by atoms with E-state index in [9.17, 15) is 0 Å². The summed E-state index contributed by atoms with van der Waals surface area (Å²) in [6.45, 7) is 6.00. The Morgan fingerprint density at radius 1 is 1.00 bits per heavy atom. The van der Waals surface area contributed by atoms with Gasteiger partial charge in [-0.1, -0.05) is 25.7 Å². The van der Waals surface area contributed by atoms with Crippen molar-refractivity contribution in [2.45, 2.75) is 89.8 Å². The summed E-state index contributed by atoms with van der Waals surface area (Å²) in [5.41, 5.74) is 0. The number of hydrogen-bond acceptors (Lipinski definition) is 2. The molecule has 18 heavy (non-hydrogen) atoms. The van der Waals surface area contributed by atoms with E-state index in [1.54, 1.807) is 0 Å². The Balaban J connectivity index is 1.68. The molecule has 0 amide bonds. The maximum Gasteiger partial charge on any atom is 0.00817 e. The number of rotatable bonds is 5. The Bertz CT molecular complexity index is 211. The van der Waals surface area contributed by atoms with Crippen LogP contribution in [0.1, 0.15) is 71.6 Å². The van der Waals surface area contributed by atoms with Crippen molar-refractivity contribution < 1.29 is 0 Å². The third-order valence-corrected chi connectivity index (χ3v) is 4.95. The molecule has 1 heterocycles. The second-order valence-electron chi connectivity index (χ2n) is 6.64. The van der Waals surface area contributed by atoms with Gasteiger partial charge >= 0.3 is 0 Å². The van der Waals surface area contributed by atoms with E-state index in [-0.39, 0.29) is 0 Å². The van der Waals surface area contributed by atoms with Crippen LogP contribution in [0.15, 0.2) is 0 Å². The molecule has 0 radical (unpaired) electrons. The quantitative estimate of drug-likeness (QED) is 0.783. The Hall–Kier alpha value is -0.0800. The summed E-state index contributed by atoms with van der Waals surface area (Å²) >= 11 is 0. The van der Waals surface area contributed by atoms with Crippen LogP contribution in [0, 0.1) is 5.92 Å². The van der Waals surface area contributed by atoms with E-state index in [0.717, 1.165) is 12.0 Å².